The van der Waals surface area contributed by atoms with E-state index in [1.54, 1.807) is 0 Å². The summed E-state index contributed by atoms with van der Waals surface area (Å²) in [5, 5.41) is 0. The topological polar surface area (TPSA) is 119 Å². The molecule has 0 aliphatic heterocycles. The van der Waals surface area contributed by atoms with Crippen molar-refractivity contribution in [2.45, 2.75) is 26.4 Å². The number of ether oxygens (including phenoxy) is 11. The zero-order valence-corrected chi connectivity index (χ0v) is 24.1. The molecule has 0 unspecified atom stereocenters. The van der Waals surface area contributed by atoms with Crippen LogP contribution in [-0.2, 0) is 56.9 Å². The summed E-state index contributed by atoms with van der Waals surface area (Å²) in [6, 6.07) is 0. The molecule has 0 N–H and O–H groups in total. The zero-order chi connectivity index (χ0) is 28.7. The maximum atomic E-state index is 11.5. The van der Waals surface area contributed by atoms with Crippen LogP contribution in [0.5, 0.6) is 0 Å². The van der Waals surface area contributed by atoms with Gasteiger partial charge in [0.15, 0.2) is 0 Å². The molecule has 0 saturated heterocycles. The summed E-state index contributed by atoms with van der Waals surface area (Å²) >= 11 is 0. The summed E-state index contributed by atoms with van der Waals surface area (Å²) in [5.74, 6) is 2.01. The van der Waals surface area contributed by atoms with Gasteiger partial charge in [-0.15, -0.1) is 6.42 Å². The van der Waals surface area contributed by atoms with Crippen molar-refractivity contribution in [2.24, 2.45) is 0 Å². The molecule has 0 spiro atoms. The normalized spacial score (nSPS) is 11.5. The highest BCUT2D eigenvalue weighted by molar-refractivity contribution is 5.71. The van der Waals surface area contributed by atoms with Crippen LogP contribution in [0.15, 0.2) is 0 Å². The molecule has 0 aliphatic rings. The first-order chi connectivity index (χ1) is 19.0. The molecule has 12 heteroatoms. The van der Waals surface area contributed by atoms with Crippen molar-refractivity contribution < 1.29 is 56.9 Å². The maximum absolute atomic E-state index is 11.5. The minimum absolute atomic E-state index is 0.0819. The van der Waals surface area contributed by atoms with E-state index < -0.39 is 5.60 Å². The molecule has 0 aromatic carbocycles. The van der Waals surface area contributed by atoms with Gasteiger partial charge in [0.25, 0.3) is 0 Å². The van der Waals surface area contributed by atoms with Crippen molar-refractivity contribution in [3.05, 3.63) is 0 Å². The van der Waals surface area contributed by atoms with Gasteiger partial charge in [-0.05, 0) is 20.8 Å². The van der Waals surface area contributed by atoms with E-state index in [4.69, 9.17) is 58.5 Å². The molecule has 0 bridgehead atoms. The summed E-state index contributed by atoms with van der Waals surface area (Å²) in [4.78, 5) is 11.5. The molecule has 0 aromatic heterocycles. The van der Waals surface area contributed by atoms with Crippen LogP contribution in [0.25, 0.3) is 0 Å². The molecular weight excluding hydrogens is 516 g/mol. The molecular formula is C27H50O12. The van der Waals surface area contributed by atoms with Crippen molar-refractivity contribution in [3.63, 3.8) is 0 Å². The molecule has 0 heterocycles. The lowest BCUT2D eigenvalue weighted by Gasteiger charge is -2.19. The molecule has 0 fully saturated rings. The van der Waals surface area contributed by atoms with E-state index in [9.17, 15) is 4.79 Å². The van der Waals surface area contributed by atoms with Gasteiger partial charge in [0.05, 0.1) is 119 Å². The lowest BCUT2D eigenvalue weighted by molar-refractivity contribution is -0.160. The second kappa shape index (κ2) is 29.6. The third kappa shape index (κ3) is 34.6. The molecule has 0 atom stereocenters. The highest BCUT2D eigenvalue weighted by Gasteiger charge is 2.15. The number of rotatable bonds is 30. The molecule has 230 valence electrons. The largest absolute Gasteiger partial charge is 0.458 e. The van der Waals surface area contributed by atoms with Crippen LogP contribution in [0, 0.1) is 12.3 Å². The third-order valence-electron chi connectivity index (χ3n) is 4.17. The van der Waals surface area contributed by atoms with E-state index in [1.165, 1.54) is 0 Å². The average molecular weight is 567 g/mol. The van der Waals surface area contributed by atoms with Crippen LogP contribution >= 0.6 is 0 Å². The highest BCUT2D eigenvalue weighted by atomic mass is 16.6. The summed E-state index contributed by atoms with van der Waals surface area (Å²) in [6.45, 7) is 14.2. The maximum Gasteiger partial charge on any atom is 0.332 e. The van der Waals surface area contributed by atoms with Gasteiger partial charge in [-0.3, -0.25) is 0 Å². The number of carbonyl (C=O) groups is 1. The molecule has 39 heavy (non-hydrogen) atoms. The second-order valence-electron chi connectivity index (χ2n) is 8.79. The Kier molecular flexibility index (Phi) is 28.6. The number of hydrogen-bond acceptors (Lipinski definition) is 12. The van der Waals surface area contributed by atoms with Gasteiger partial charge < -0.3 is 52.1 Å². The van der Waals surface area contributed by atoms with E-state index in [2.05, 4.69) is 5.92 Å². The van der Waals surface area contributed by atoms with E-state index in [0.717, 1.165) is 0 Å². The minimum Gasteiger partial charge on any atom is -0.458 e. The molecule has 0 amide bonds. The van der Waals surface area contributed by atoms with Crippen LogP contribution in [-0.4, -0.2) is 144 Å². The van der Waals surface area contributed by atoms with Gasteiger partial charge in [-0.25, -0.2) is 4.79 Å². The van der Waals surface area contributed by atoms with E-state index in [1.807, 2.05) is 20.8 Å². The van der Waals surface area contributed by atoms with E-state index in [0.29, 0.717) is 126 Å². The standard InChI is InChI=1S/C27H50O12/c1-5-6-29-7-8-30-9-10-31-11-12-32-13-14-33-15-16-34-17-18-35-19-20-36-21-22-37-23-24-38-25-26(28)39-27(2,3)4/h1H,6-25H2,2-4H3. The molecule has 0 radical (unpaired) electrons. The first-order valence-electron chi connectivity index (χ1n) is 13.4. The van der Waals surface area contributed by atoms with Gasteiger partial charge in [0, 0.05) is 0 Å². The monoisotopic (exact) mass is 566 g/mol. The SMILES string of the molecule is C#CCOCCOCCOCCOCCOCCOCCOCCOCCOCCOCC(=O)OC(C)(C)C. The van der Waals surface area contributed by atoms with E-state index >= 15 is 0 Å². The molecule has 0 rings (SSSR count). The third-order valence-corrected chi connectivity index (χ3v) is 4.17. The summed E-state index contributed by atoms with van der Waals surface area (Å²) in [5.41, 5.74) is -0.508. The lowest BCUT2D eigenvalue weighted by Crippen LogP contribution is -2.27. The van der Waals surface area contributed by atoms with Crippen LogP contribution in [0.1, 0.15) is 20.8 Å². The molecule has 0 aliphatic carbocycles. The fourth-order valence-corrected chi connectivity index (χ4v) is 2.53. The quantitative estimate of drug-likeness (QED) is 0.0704. The predicted molar refractivity (Wildman–Crippen MR) is 143 cm³/mol. The Morgan fingerprint density at radius 2 is 0.744 bits per heavy atom. The summed E-state index contributed by atoms with van der Waals surface area (Å²) in [6.07, 6.45) is 5.07. The molecule has 0 aromatic rings. The lowest BCUT2D eigenvalue weighted by atomic mass is 10.2. The Balaban J connectivity index is 3.10. The smallest absolute Gasteiger partial charge is 0.332 e. The van der Waals surface area contributed by atoms with Crippen LogP contribution in [0.3, 0.4) is 0 Å². The van der Waals surface area contributed by atoms with Crippen LogP contribution < -0.4 is 0 Å². The van der Waals surface area contributed by atoms with Gasteiger partial charge in [-0.2, -0.15) is 0 Å². The number of hydrogen-bond donors (Lipinski definition) is 0. The van der Waals surface area contributed by atoms with Gasteiger partial charge in [0.1, 0.15) is 18.8 Å². The minimum atomic E-state index is -0.508. The van der Waals surface area contributed by atoms with Gasteiger partial charge in [0.2, 0.25) is 0 Å². The molecule has 0 saturated carbocycles. The van der Waals surface area contributed by atoms with Crippen LogP contribution in [0.2, 0.25) is 0 Å². The first kappa shape index (κ1) is 37.6. The summed E-state index contributed by atoms with van der Waals surface area (Å²) in [7, 11) is 0. The fraction of sp³-hybridized carbons (Fsp3) is 0.889. The van der Waals surface area contributed by atoms with E-state index in [-0.39, 0.29) is 12.6 Å². The second-order valence-corrected chi connectivity index (χ2v) is 8.79. The average Bonchev–Trinajstić information content (AvgIpc) is 2.88. The number of esters is 1. The number of carbonyl (C=O) groups excluding carboxylic acids is 1. The Bertz CT molecular complexity index is 562. The Morgan fingerprint density at radius 3 is 1.00 bits per heavy atom. The van der Waals surface area contributed by atoms with Crippen LogP contribution in [0.4, 0.5) is 0 Å². The Hall–Kier alpha value is -1.37. The molecule has 12 nitrogen and oxygen atoms in total. The van der Waals surface area contributed by atoms with Crippen molar-refractivity contribution in [2.75, 3.05) is 132 Å². The Labute approximate surface area is 234 Å². The van der Waals surface area contributed by atoms with Crippen molar-refractivity contribution in [3.8, 4) is 12.3 Å². The van der Waals surface area contributed by atoms with Crippen molar-refractivity contribution in [1.82, 2.24) is 0 Å². The number of terminal acetylenes is 1. The van der Waals surface area contributed by atoms with Gasteiger partial charge >= 0.3 is 5.97 Å². The first-order valence-corrected chi connectivity index (χ1v) is 13.4. The highest BCUT2D eigenvalue weighted by Crippen LogP contribution is 2.06. The van der Waals surface area contributed by atoms with Gasteiger partial charge in [-0.1, -0.05) is 5.92 Å². The fourth-order valence-electron chi connectivity index (χ4n) is 2.53. The predicted octanol–water partition coefficient (Wildman–Crippen LogP) is 1.13. The summed E-state index contributed by atoms with van der Waals surface area (Å²) < 4.78 is 58.7. The van der Waals surface area contributed by atoms with Crippen molar-refractivity contribution in [1.29, 1.82) is 0 Å². The zero-order valence-electron chi connectivity index (χ0n) is 24.1. The Morgan fingerprint density at radius 1 is 0.487 bits per heavy atom. The van der Waals surface area contributed by atoms with Crippen molar-refractivity contribution >= 4 is 5.97 Å².